The summed E-state index contributed by atoms with van der Waals surface area (Å²) in [6, 6.07) is 12.7. The maximum atomic E-state index is 12.2. The Morgan fingerprint density at radius 3 is 2.50 bits per heavy atom. The second-order valence-electron chi connectivity index (χ2n) is 4.90. The van der Waals surface area contributed by atoms with E-state index < -0.39 is 0 Å². The highest BCUT2D eigenvalue weighted by molar-refractivity contribution is 5.95. The molecule has 1 amide bonds. The Bertz CT molecular complexity index is 688. The number of carbonyl (C=O) groups excluding carboxylic acids is 1. The number of rotatable bonds is 8. The molecule has 0 radical (unpaired) electrons. The molecule has 0 aliphatic carbocycles. The number of hydrogen-bond donors (Lipinski definition) is 2. The molecule has 2 rings (SSSR count). The summed E-state index contributed by atoms with van der Waals surface area (Å²) in [6.07, 6.45) is 0. The summed E-state index contributed by atoms with van der Waals surface area (Å²) in [5.74, 6) is 1.78. The van der Waals surface area contributed by atoms with Crippen molar-refractivity contribution in [1.82, 2.24) is 0 Å². The van der Waals surface area contributed by atoms with Crippen LogP contribution in [0.3, 0.4) is 0 Å². The van der Waals surface area contributed by atoms with Gasteiger partial charge in [0.05, 0.1) is 38.7 Å². The van der Waals surface area contributed by atoms with Gasteiger partial charge in [0.1, 0.15) is 17.2 Å². The zero-order valence-corrected chi connectivity index (χ0v) is 14.1. The van der Waals surface area contributed by atoms with Gasteiger partial charge in [-0.25, -0.2) is 0 Å². The minimum absolute atomic E-state index is 0.0873. The fraction of sp³-hybridized carbons (Fsp3) is 0.278. The topological polar surface area (TPSA) is 68.8 Å². The highest BCUT2D eigenvalue weighted by atomic mass is 16.5. The fourth-order valence-electron chi connectivity index (χ4n) is 2.17. The number of methoxy groups -OCH3 is 2. The van der Waals surface area contributed by atoms with Crippen molar-refractivity contribution in [2.24, 2.45) is 0 Å². The van der Waals surface area contributed by atoms with Crippen LogP contribution in [0.25, 0.3) is 0 Å². The first kappa shape index (κ1) is 17.5. The second-order valence-corrected chi connectivity index (χ2v) is 4.90. The smallest absolute Gasteiger partial charge is 0.243 e. The van der Waals surface area contributed by atoms with Crippen LogP contribution in [-0.2, 0) is 4.79 Å². The Hall–Kier alpha value is -2.89. The van der Waals surface area contributed by atoms with Gasteiger partial charge in [0.2, 0.25) is 5.91 Å². The molecule has 0 bridgehead atoms. The Balaban J connectivity index is 2.01. The average Bonchev–Trinajstić information content (AvgIpc) is 2.61. The molecule has 0 saturated heterocycles. The summed E-state index contributed by atoms with van der Waals surface area (Å²) in [7, 11) is 3.16. The van der Waals surface area contributed by atoms with Crippen molar-refractivity contribution in [2.45, 2.75) is 6.92 Å². The highest BCUT2D eigenvalue weighted by Crippen LogP contribution is 2.29. The molecule has 0 saturated carbocycles. The van der Waals surface area contributed by atoms with E-state index in [9.17, 15) is 4.79 Å². The molecule has 2 aromatic rings. The molecular formula is C18H22N2O4. The van der Waals surface area contributed by atoms with Crippen LogP contribution in [0.1, 0.15) is 6.92 Å². The second kappa shape index (κ2) is 8.67. The van der Waals surface area contributed by atoms with E-state index in [2.05, 4.69) is 10.6 Å². The number of benzene rings is 2. The molecule has 0 unspecified atom stereocenters. The van der Waals surface area contributed by atoms with Gasteiger partial charge >= 0.3 is 0 Å². The van der Waals surface area contributed by atoms with E-state index in [-0.39, 0.29) is 12.5 Å². The molecule has 24 heavy (non-hydrogen) atoms. The predicted octanol–water partition coefficient (Wildman–Crippen LogP) is 3.15. The number of carbonyl (C=O) groups is 1. The van der Waals surface area contributed by atoms with Crippen molar-refractivity contribution >= 4 is 17.3 Å². The first-order valence-electron chi connectivity index (χ1n) is 7.65. The van der Waals surface area contributed by atoms with E-state index >= 15 is 0 Å². The van der Waals surface area contributed by atoms with Crippen LogP contribution in [0.5, 0.6) is 17.2 Å². The van der Waals surface area contributed by atoms with E-state index in [1.807, 2.05) is 25.1 Å². The standard InChI is InChI=1S/C18H22N2O4/c1-4-24-17-8-6-5-7-14(17)20-18(21)12-19-15-11-13(22-2)9-10-16(15)23-3/h5-11,19H,4,12H2,1-3H3,(H,20,21). The van der Waals surface area contributed by atoms with Gasteiger partial charge < -0.3 is 24.8 Å². The average molecular weight is 330 g/mol. The maximum absolute atomic E-state index is 12.2. The minimum atomic E-state index is -0.188. The van der Waals surface area contributed by atoms with Crippen molar-refractivity contribution in [1.29, 1.82) is 0 Å². The van der Waals surface area contributed by atoms with Crippen molar-refractivity contribution in [3.8, 4) is 17.2 Å². The molecule has 6 heteroatoms. The fourth-order valence-corrected chi connectivity index (χ4v) is 2.17. The van der Waals surface area contributed by atoms with E-state index in [0.29, 0.717) is 35.2 Å². The van der Waals surface area contributed by atoms with Crippen molar-refractivity contribution in [3.05, 3.63) is 42.5 Å². The zero-order chi connectivity index (χ0) is 17.4. The number of ether oxygens (including phenoxy) is 3. The molecule has 128 valence electrons. The van der Waals surface area contributed by atoms with Gasteiger partial charge in [-0.3, -0.25) is 4.79 Å². The minimum Gasteiger partial charge on any atom is -0.497 e. The SMILES string of the molecule is CCOc1ccccc1NC(=O)CNc1cc(OC)ccc1OC. The molecule has 6 nitrogen and oxygen atoms in total. The monoisotopic (exact) mass is 330 g/mol. The molecular weight excluding hydrogens is 308 g/mol. The first-order valence-corrected chi connectivity index (χ1v) is 7.65. The van der Waals surface area contributed by atoms with Crippen LogP contribution < -0.4 is 24.8 Å². The van der Waals surface area contributed by atoms with Gasteiger partial charge in [-0.05, 0) is 31.2 Å². The number of nitrogens with one attached hydrogen (secondary N) is 2. The van der Waals surface area contributed by atoms with Gasteiger partial charge in [0.25, 0.3) is 0 Å². The lowest BCUT2D eigenvalue weighted by Crippen LogP contribution is -2.22. The summed E-state index contributed by atoms with van der Waals surface area (Å²) in [5, 5.41) is 5.89. The normalized spacial score (nSPS) is 9.96. The molecule has 2 aromatic carbocycles. The predicted molar refractivity (Wildman–Crippen MR) is 94.3 cm³/mol. The summed E-state index contributed by atoms with van der Waals surface area (Å²) in [6.45, 7) is 2.52. The van der Waals surface area contributed by atoms with Crippen molar-refractivity contribution in [2.75, 3.05) is 38.0 Å². The number of amides is 1. The number of hydrogen-bond acceptors (Lipinski definition) is 5. The van der Waals surface area contributed by atoms with Gasteiger partial charge in [-0.1, -0.05) is 12.1 Å². The lowest BCUT2D eigenvalue weighted by atomic mass is 10.2. The van der Waals surface area contributed by atoms with E-state index in [0.717, 1.165) is 0 Å². The van der Waals surface area contributed by atoms with E-state index in [1.165, 1.54) is 0 Å². The van der Waals surface area contributed by atoms with Crippen molar-refractivity contribution in [3.63, 3.8) is 0 Å². The molecule has 0 aliphatic heterocycles. The van der Waals surface area contributed by atoms with Gasteiger partial charge in [-0.15, -0.1) is 0 Å². The maximum Gasteiger partial charge on any atom is 0.243 e. The van der Waals surface area contributed by atoms with Crippen LogP contribution in [0.2, 0.25) is 0 Å². The largest absolute Gasteiger partial charge is 0.497 e. The van der Waals surface area contributed by atoms with Gasteiger partial charge in [-0.2, -0.15) is 0 Å². The van der Waals surface area contributed by atoms with Crippen LogP contribution in [0, 0.1) is 0 Å². The molecule has 0 atom stereocenters. The molecule has 0 fully saturated rings. The third-order valence-corrected chi connectivity index (χ3v) is 3.31. The molecule has 0 aliphatic rings. The van der Waals surface area contributed by atoms with Gasteiger partial charge in [0.15, 0.2) is 0 Å². The first-order chi connectivity index (χ1) is 11.7. The molecule has 0 aromatic heterocycles. The quantitative estimate of drug-likeness (QED) is 0.778. The third-order valence-electron chi connectivity index (χ3n) is 3.31. The Morgan fingerprint density at radius 2 is 1.79 bits per heavy atom. The molecule has 0 spiro atoms. The number of anilines is 2. The number of para-hydroxylation sites is 2. The van der Waals surface area contributed by atoms with Crippen LogP contribution in [-0.4, -0.2) is 33.3 Å². The zero-order valence-electron chi connectivity index (χ0n) is 14.1. The summed E-state index contributed by atoms with van der Waals surface area (Å²) in [4.78, 5) is 12.2. The van der Waals surface area contributed by atoms with Crippen LogP contribution in [0.15, 0.2) is 42.5 Å². The summed E-state index contributed by atoms with van der Waals surface area (Å²) in [5.41, 5.74) is 1.33. The summed E-state index contributed by atoms with van der Waals surface area (Å²) < 4.78 is 16.0. The van der Waals surface area contributed by atoms with Gasteiger partial charge in [0, 0.05) is 6.07 Å². The summed E-state index contributed by atoms with van der Waals surface area (Å²) >= 11 is 0. The molecule has 2 N–H and O–H groups in total. The van der Waals surface area contributed by atoms with E-state index in [1.54, 1.807) is 38.5 Å². The Morgan fingerprint density at radius 1 is 1.00 bits per heavy atom. The van der Waals surface area contributed by atoms with E-state index in [4.69, 9.17) is 14.2 Å². The molecule has 0 heterocycles. The highest BCUT2D eigenvalue weighted by Gasteiger charge is 2.09. The van der Waals surface area contributed by atoms with Crippen LogP contribution >= 0.6 is 0 Å². The third kappa shape index (κ3) is 4.55. The van der Waals surface area contributed by atoms with Crippen LogP contribution in [0.4, 0.5) is 11.4 Å². The lowest BCUT2D eigenvalue weighted by Gasteiger charge is -2.14. The Labute approximate surface area is 141 Å². The Kier molecular flexibility index (Phi) is 6.31. The van der Waals surface area contributed by atoms with Crippen molar-refractivity contribution < 1.29 is 19.0 Å². The lowest BCUT2D eigenvalue weighted by molar-refractivity contribution is -0.114.